The minimum absolute atomic E-state index is 0.156. The molecule has 0 aliphatic carbocycles. The number of hydrogen-bond donors (Lipinski definition) is 0. The van der Waals surface area contributed by atoms with Gasteiger partial charge in [-0.2, -0.15) is 0 Å². The fourth-order valence-corrected chi connectivity index (χ4v) is 9.21. The van der Waals surface area contributed by atoms with Gasteiger partial charge in [0.15, 0.2) is 0 Å². The van der Waals surface area contributed by atoms with Crippen molar-refractivity contribution in [2.75, 3.05) is 19.6 Å². The minimum Gasteiger partial charge on any atom is -0.311 e. The Kier molecular flexibility index (Phi) is 6.16. The molecule has 0 atom stereocenters. The molecule has 0 unspecified atom stereocenters. The fraction of sp³-hybridized carbons (Fsp3) is 0. The van der Waals surface area contributed by atoms with Gasteiger partial charge in [0.1, 0.15) is 0 Å². The normalized spacial score (nSPS) is 16.5. The molecule has 0 N–H and O–H groups in total. The van der Waals surface area contributed by atoms with E-state index in [0.717, 1.165) is 0 Å². The van der Waals surface area contributed by atoms with E-state index in [9.17, 15) is 21.9 Å². The van der Waals surface area contributed by atoms with Crippen LogP contribution in [0.2, 0.25) is 0 Å². The smallest absolute Gasteiger partial charge is 0.0646 e. The molecule has 0 aliphatic heterocycles. The Bertz CT molecular complexity index is 5100. The molecule has 0 radical (unpaired) electrons. The van der Waals surface area contributed by atoms with Crippen molar-refractivity contribution in [3.05, 3.63) is 303 Å². The van der Waals surface area contributed by atoms with E-state index < -0.39 is 215 Å². The summed E-state index contributed by atoms with van der Waals surface area (Å²) in [6.07, 6.45) is 0. The summed E-state index contributed by atoms with van der Waals surface area (Å²) in [6.45, 7) is 0. The first-order chi connectivity index (χ1) is 48.4. The highest BCUT2D eigenvalue weighted by Gasteiger charge is 2.27. The second kappa shape index (κ2) is 19.4. The van der Waals surface area contributed by atoms with Crippen LogP contribution in [0, 0.1) is 0 Å². The summed E-state index contributed by atoms with van der Waals surface area (Å²) < 4.78 is 259. The summed E-state index contributed by atoms with van der Waals surface area (Å²) in [4.78, 5) is 4.10. The standard InChI is InChI=1S/C70H50N4/c1-5-27-53(28-6-1)71(54-29-7-2-8-30-54)57-43-47-59(48-44-57)73(67-41-21-25-51-23-13-15-35-61(51)67)69-63-37-17-19-39-65(63)70(66-40-20-18-38-64(66)69)74(68-42-22-26-52-24-14-16-36-62(52)68)60-49-45-58(46-50-60)72(55-31-9-3-10-32-55)56-33-11-4-12-34-56/h1-50H/i1D,2D,3D,4D,5D,6D,7D,8D,9D,10D,11D,12D,27D,28D,29D,30D,31D,32D,33D,34D,43D,44D,45D,46D,47D,48D,49D,50D. The zero-order valence-corrected chi connectivity index (χ0v) is 38.5. The molecule has 4 nitrogen and oxygen atoms in total. The molecular formula is C70H50N4. The van der Waals surface area contributed by atoms with Gasteiger partial charge in [-0.05, 0) is 120 Å². The molecule has 0 amide bonds. The lowest BCUT2D eigenvalue weighted by Crippen LogP contribution is -2.15. The minimum atomic E-state index is -0.991. The van der Waals surface area contributed by atoms with Crippen molar-refractivity contribution in [3.8, 4) is 0 Å². The van der Waals surface area contributed by atoms with E-state index in [-0.39, 0.29) is 44.3 Å². The van der Waals surface area contributed by atoms with Gasteiger partial charge in [0, 0.05) is 77.8 Å². The molecule has 350 valence electrons. The summed E-state index contributed by atoms with van der Waals surface area (Å²) in [5, 5.41) is 3.24. The predicted molar refractivity (Wildman–Crippen MR) is 315 cm³/mol. The van der Waals surface area contributed by atoms with E-state index in [1.165, 1.54) is 9.80 Å². The van der Waals surface area contributed by atoms with Crippen LogP contribution >= 0.6 is 0 Å². The van der Waals surface area contributed by atoms with Crippen molar-refractivity contribution in [1.29, 1.82) is 0 Å². The third-order valence-corrected chi connectivity index (χ3v) is 12.3. The van der Waals surface area contributed by atoms with Crippen molar-refractivity contribution in [2.24, 2.45) is 0 Å². The highest BCUT2D eigenvalue weighted by atomic mass is 15.2. The van der Waals surface area contributed by atoms with Crippen LogP contribution in [-0.2, 0) is 0 Å². The van der Waals surface area contributed by atoms with Crippen LogP contribution in [0.5, 0.6) is 0 Å². The molecule has 0 spiro atoms. The van der Waals surface area contributed by atoms with Gasteiger partial charge < -0.3 is 19.6 Å². The zero-order chi connectivity index (χ0) is 73.6. The largest absolute Gasteiger partial charge is 0.311 e. The van der Waals surface area contributed by atoms with Crippen molar-refractivity contribution in [1.82, 2.24) is 0 Å². The van der Waals surface area contributed by atoms with Gasteiger partial charge in [-0.3, -0.25) is 0 Å². The van der Waals surface area contributed by atoms with Gasteiger partial charge in [-0.25, -0.2) is 0 Å². The number of benzene rings is 13. The van der Waals surface area contributed by atoms with E-state index in [2.05, 4.69) is 0 Å². The first-order valence-electron chi connectivity index (χ1n) is 37.0. The Balaban J connectivity index is 1.16. The van der Waals surface area contributed by atoms with Gasteiger partial charge in [0.25, 0.3) is 0 Å². The summed E-state index contributed by atoms with van der Waals surface area (Å²) in [5.74, 6) is 0. The molecule has 0 saturated heterocycles. The van der Waals surface area contributed by atoms with Gasteiger partial charge in [0.05, 0.1) is 61.1 Å². The number of para-hydroxylation sites is 4. The Morgan fingerprint density at radius 2 is 0.432 bits per heavy atom. The van der Waals surface area contributed by atoms with Crippen LogP contribution in [0.4, 0.5) is 68.2 Å². The second-order valence-electron chi connectivity index (χ2n) is 16.4. The average molecular weight is 975 g/mol. The Hall–Kier alpha value is -9.90. The van der Waals surface area contributed by atoms with Crippen LogP contribution in [0.3, 0.4) is 0 Å². The third kappa shape index (κ3) is 8.01. The molecule has 0 aromatic heterocycles. The maximum absolute atomic E-state index is 10.3. The van der Waals surface area contributed by atoms with Crippen molar-refractivity contribution in [3.63, 3.8) is 0 Å². The van der Waals surface area contributed by atoms with E-state index in [4.69, 9.17) is 16.4 Å². The summed E-state index contributed by atoms with van der Waals surface area (Å²) in [7, 11) is 0. The number of nitrogens with zero attached hydrogens (tertiary/aromatic N) is 4. The fourth-order valence-electron chi connectivity index (χ4n) is 9.21. The second-order valence-corrected chi connectivity index (χ2v) is 16.4. The number of anilines is 12. The molecule has 13 aromatic rings. The lowest BCUT2D eigenvalue weighted by Gasteiger charge is -2.34. The highest BCUT2D eigenvalue weighted by molar-refractivity contribution is 6.24. The number of hydrogen-bond acceptors (Lipinski definition) is 4. The Labute approximate surface area is 471 Å². The van der Waals surface area contributed by atoms with Crippen LogP contribution in [0.1, 0.15) is 38.4 Å². The summed E-state index contributed by atoms with van der Waals surface area (Å²) in [5.41, 5.74) is -5.42. The Morgan fingerprint density at radius 1 is 0.203 bits per heavy atom. The predicted octanol–water partition coefficient (Wildman–Crippen LogP) is 20.2. The monoisotopic (exact) mass is 975 g/mol. The molecule has 4 heteroatoms. The molecule has 13 rings (SSSR count). The van der Waals surface area contributed by atoms with Crippen molar-refractivity contribution in [2.45, 2.75) is 0 Å². The average Bonchev–Trinajstić information content (AvgIpc) is 0.715. The maximum Gasteiger partial charge on any atom is 0.0646 e. The molecule has 0 heterocycles. The van der Waals surface area contributed by atoms with Crippen LogP contribution < -0.4 is 19.6 Å². The van der Waals surface area contributed by atoms with Gasteiger partial charge in [-0.15, -0.1) is 0 Å². The molecule has 0 saturated carbocycles. The van der Waals surface area contributed by atoms with Gasteiger partial charge >= 0.3 is 0 Å². The molecular weight excluding hydrogens is 897 g/mol. The molecule has 0 bridgehead atoms. The summed E-state index contributed by atoms with van der Waals surface area (Å²) in [6, 6.07) is 11.5. The topological polar surface area (TPSA) is 13.0 Å². The van der Waals surface area contributed by atoms with Crippen molar-refractivity contribution < 1.29 is 38.4 Å². The zero-order valence-electron chi connectivity index (χ0n) is 66.5. The highest BCUT2D eigenvalue weighted by Crippen LogP contribution is 2.53. The lowest BCUT2D eigenvalue weighted by molar-refractivity contribution is 1.26. The molecule has 0 aliphatic rings. The van der Waals surface area contributed by atoms with E-state index in [1.54, 1.807) is 133 Å². The van der Waals surface area contributed by atoms with Crippen molar-refractivity contribution >= 4 is 111 Å². The van der Waals surface area contributed by atoms with Crippen LogP contribution in [0.15, 0.2) is 303 Å². The third-order valence-electron chi connectivity index (χ3n) is 12.3. The quantitative estimate of drug-likeness (QED) is 0.0893. The molecule has 13 aromatic carbocycles. The van der Waals surface area contributed by atoms with Gasteiger partial charge in [-0.1, -0.05) is 194 Å². The first-order valence-corrected chi connectivity index (χ1v) is 23.0. The Morgan fingerprint density at radius 3 is 0.730 bits per heavy atom. The molecule has 0 fully saturated rings. The number of rotatable bonds is 12. The van der Waals surface area contributed by atoms with Crippen LogP contribution in [0.25, 0.3) is 43.1 Å². The lowest BCUT2D eigenvalue weighted by atomic mass is 9.94. The van der Waals surface area contributed by atoms with Gasteiger partial charge in [0.2, 0.25) is 0 Å². The van der Waals surface area contributed by atoms with E-state index in [1.807, 2.05) is 0 Å². The first kappa shape index (κ1) is 23.6. The number of fused-ring (bicyclic) bond motifs is 4. The SMILES string of the molecule is [2H]c1c([2H])c([2H])c(N(c2c([2H])c([2H])c([2H])c([2H])c2[2H])c2c([2H])c([2H])c(N(c3cccc4ccccc34)c3c4ccccc4c(N(c4c([2H])c([2H])c(N(c5c([2H])c([2H])c([2H])c([2H])c5[2H])c5c([2H])c([2H])c([2H])c([2H])c5[2H])c([2H])c4[2H])c4cccc5ccccc45)c4ccccc34)c([2H])c2[2H])c([2H])c1[2H]. The maximum atomic E-state index is 10.3. The van der Waals surface area contributed by atoms with E-state index in [0.29, 0.717) is 31.3 Å². The summed E-state index contributed by atoms with van der Waals surface area (Å²) >= 11 is 0. The molecule has 74 heavy (non-hydrogen) atoms. The van der Waals surface area contributed by atoms with E-state index >= 15 is 0 Å². The van der Waals surface area contributed by atoms with Crippen LogP contribution in [-0.4, -0.2) is 0 Å².